The second-order valence-corrected chi connectivity index (χ2v) is 11.1. The first-order chi connectivity index (χ1) is 18.2. The summed E-state index contributed by atoms with van der Waals surface area (Å²) in [6.07, 6.45) is 3.89. The van der Waals surface area contributed by atoms with Gasteiger partial charge in [-0.15, -0.1) is 0 Å². The minimum Gasteiger partial charge on any atom is -0.390 e. The highest BCUT2D eigenvalue weighted by Gasteiger charge is 2.35. The van der Waals surface area contributed by atoms with E-state index >= 15 is 0 Å². The van der Waals surface area contributed by atoms with E-state index in [2.05, 4.69) is 5.32 Å². The van der Waals surface area contributed by atoms with E-state index in [1.54, 1.807) is 25.2 Å². The van der Waals surface area contributed by atoms with Crippen LogP contribution in [0.1, 0.15) is 63.5 Å². The zero-order valence-corrected chi connectivity index (χ0v) is 23.2. The largest absolute Gasteiger partial charge is 0.390 e. The van der Waals surface area contributed by atoms with Crippen molar-refractivity contribution in [2.45, 2.75) is 70.7 Å². The van der Waals surface area contributed by atoms with Crippen LogP contribution < -0.4 is 10.2 Å². The molecular formula is C30H38ClN3O4. The van der Waals surface area contributed by atoms with Crippen molar-refractivity contribution in [3.8, 4) is 0 Å². The van der Waals surface area contributed by atoms with E-state index in [4.69, 9.17) is 21.3 Å². The van der Waals surface area contributed by atoms with E-state index in [1.807, 2.05) is 44.2 Å². The number of aliphatic hydroxyl groups is 1. The molecule has 1 aliphatic carbocycles. The molecule has 4 rings (SSSR count). The normalized spacial score (nSPS) is 19.9. The molecule has 7 nitrogen and oxygen atoms in total. The number of hydrogen-bond acceptors (Lipinski definition) is 5. The van der Waals surface area contributed by atoms with Crippen molar-refractivity contribution >= 4 is 34.8 Å². The average molecular weight is 540 g/mol. The maximum absolute atomic E-state index is 13.6. The molecule has 3 atom stereocenters. The molecule has 2 aliphatic rings. The van der Waals surface area contributed by atoms with Gasteiger partial charge in [-0.2, -0.15) is 0 Å². The number of nitrogens with one attached hydrogen (secondary N) is 1. The lowest BCUT2D eigenvalue weighted by Crippen LogP contribution is -2.50. The number of halogens is 1. The molecule has 2 amide bonds. The van der Waals surface area contributed by atoms with Crippen molar-refractivity contribution in [1.29, 1.82) is 0 Å². The number of likely N-dealkylation sites (N-methyl/N-ethyl adjacent to an activating group) is 1. The Hall–Kier alpha value is -2.74. The van der Waals surface area contributed by atoms with Gasteiger partial charge in [0, 0.05) is 23.2 Å². The van der Waals surface area contributed by atoms with E-state index in [0.717, 1.165) is 31.2 Å². The number of aliphatic imine (C=N–C) groups is 1. The number of carbonyl (C=O) groups excluding carboxylic acids is 2. The molecule has 2 aromatic rings. The van der Waals surface area contributed by atoms with E-state index in [9.17, 15) is 14.7 Å². The minimum atomic E-state index is -1.16. The standard InChI is InChI=1S/C30H38ClN3O4/c1-19(2)16-24(26(35)18-38-22-12-8-5-9-13-22)29(36)33-28-30(37)34(3)25-15-14-21(31)17-23(25)27(32-28)20-10-6-4-7-11-20/h4,6-7,10-11,14-15,17,19,22,24,26,28,35H,5,8-9,12-13,16,18H2,1-3H3,(H,33,36)/t24?,26-,28?/m1/s1. The SMILES string of the molecule is CC(C)CC(C(=O)NC1N=C(c2ccccc2)c2cc(Cl)ccc2N(C)C1=O)[C@H](O)COC1CCCCC1. The lowest BCUT2D eigenvalue weighted by Gasteiger charge is -2.28. The van der Waals surface area contributed by atoms with E-state index in [1.165, 1.54) is 11.3 Å². The van der Waals surface area contributed by atoms with Crippen LogP contribution in [0.3, 0.4) is 0 Å². The molecule has 2 N–H and O–H groups in total. The maximum atomic E-state index is 13.6. The van der Waals surface area contributed by atoms with Crippen molar-refractivity contribution in [2.75, 3.05) is 18.6 Å². The van der Waals surface area contributed by atoms with Crippen LogP contribution in [0.2, 0.25) is 5.02 Å². The molecule has 0 radical (unpaired) electrons. The summed E-state index contributed by atoms with van der Waals surface area (Å²) < 4.78 is 5.99. The Bertz CT molecular complexity index is 1150. The molecule has 1 aliphatic heterocycles. The topological polar surface area (TPSA) is 91.2 Å². The van der Waals surface area contributed by atoms with Gasteiger partial charge in [0.05, 0.1) is 36.1 Å². The number of aliphatic hydroxyl groups excluding tert-OH is 1. The Morgan fingerprint density at radius 1 is 1.16 bits per heavy atom. The molecule has 0 spiro atoms. The maximum Gasteiger partial charge on any atom is 0.272 e. The molecule has 8 heteroatoms. The highest BCUT2D eigenvalue weighted by molar-refractivity contribution is 6.32. The van der Waals surface area contributed by atoms with Crippen molar-refractivity contribution in [2.24, 2.45) is 16.8 Å². The third-order valence-corrected chi connectivity index (χ3v) is 7.54. The van der Waals surface area contributed by atoms with Crippen LogP contribution in [0.4, 0.5) is 5.69 Å². The molecule has 0 aromatic heterocycles. The summed E-state index contributed by atoms with van der Waals surface area (Å²) >= 11 is 6.33. The molecule has 204 valence electrons. The Kier molecular flexibility index (Phi) is 9.58. The molecule has 38 heavy (non-hydrogen) atoms. The monoisotopic (exact) mass is 539 g/mol. The third-order valence-electron chi connectivity index (χ3n) is 7.31. The third kappa shape index (κ3) is 6.82. The van der Waals surface area contributed by atoms with Gasteiger partial charge in [-0.05, 0) is 43.4 Å². The Morgan fingerprint density at radius 3 is 2.55 bits per heavy atom. The molecule has 2 unspecified atom stereocenters. The number of anilines is 1. The number of amides is 2. The van der Waals surface area contributed by atoms with Crippen LogP contribution >= 0.6 is 11.6 Å². The van der Waals surface area contributed by atoms with Gasteiger partial charge in [0.1, 0.15) is 0 Å². The van der Waals surface area contributed by atoms with Gasteiger partial charge in [-0.1, -0.05) is 75.0 Å². The summed E-state index contributed by atoms with van der Waals surface area (Å²) in [6, 6.07) is 14.8. The lowest BCUT2D eigenvalue weighted by atomic mass is 9.91. The highest BCUT2D eigenvalue weighted by atomic mass is 35.5. The van der Waals surface area contributed by atoms with Gasteiger partial charge in [-0.3, -0.25) is 9.59 Å². The average Bonchev–Trinajstić information content (AvgIpc) is 3.01. The number of carbonyl (C=O) groups is 2. The van der Waals surface area contributed by atoms with Gasteiger partial charge in [-0.25, -0.2) is 4.99 Å². The van der Waals surface area contributed by atoms with E-state index in [0.29, 0.717) is 28.4 Å². The number of ether oxygens (including phenoxy) is 1. The quantitative estimate of drug-likeness (QED) is 0.471. The zero-order valence-electron chi connectivity index (χ0n) is 22.4. The predicted octanol–water partition coefficient (Wildman–Crippen LogP) is 4.97. The van der Waals surface area contributed by atoms with Crippen LogP contribution in [0, 0.1) is 11.8 Å². The second kappa shape index (κ2) is 12.9. The summed E-state index contributed by atoms with van der Waals surface area (Å²) in [5.41, 5.74) is 2.72. The number of benzodiazepines with no additional fused rings is 1. The molecule has 1 heterocycles. The van der Waals surface area contributed by atoms with Gasteiger partial charge in [0.15, 0.2) is 0 Å². The molecule has 0 saturated heterocycles. The summed E-state index contributed by atoms with van der Waals surface area (Å²) in [6.45, 7) is 4.10. The number of fused-ring (bicyclic) bond motifs is 1. The van der Waals surface area contributed by atoms with Crippen molar-refractivity contribution < 1.29 is 19.4 Å². The summed E-state index contributed by atoms with van der Waals surface area (Å²) in [7, 11) is 1.66. The Balaban J connectivity index is 1.60. The smallest absolute Gasteiger partial charge is 0.272 e. The zero-order chi connectivity index (χ0) is 27.2. The highest BCUT2D eigenvalue weighted by Crippen LogP contribution is 2.30. The second-order valence-electron chi connectivity index (χ2n) is 10.7. The van der Waals surface area contributed by atoms with Crippen LogP contribution in [-0.4, -0.2) is 54.7 Å². The number of nitrogens with zero attached hydrogens (tertiary/aromatic N) is 2. The molecule has 0 bridgehead atoms. The van der Waals surface area contributed by atoms with Gasteiger partial charge >= 0.3 is 0 Å². The first-order valence-corrected chi connectivity index (χ1v) is 13.9. The van der Waals surface area contributed by atoms with E-state index < -0.39 is 24.1 Å². The van der Waals surface area contributed by atoms with Crippen molar-refractivity contribution in [1.82, 2.24) is 5.32 Å². The van der Waals surface area contributed by atoms with Crippen LogP contribution in [0.5, 0.6) is 0 Å². The van der Waals surface area contributed by atoms with Crippen LogP contribution in [-0.2, 0) is 14.3 Å². The van der Waals surface area contributed by atoms with Gasteiger partial charge in [0.2, 0.25) is 12.1 Å². The summed E-state index contributed by atoms with van der Waals surface area (Å²) in [5, 5.41) is 14.4. The summed E-state index contributed by atoms with van der Waals surface area (Å²) in [4.78, 5) is 33.4. The molecule has 1 fully saturated rings. The fraction of sp³-hybridized carbons (Fsp3) is 0.500. The number of rotatable bonds is 9. The van der Waals surface area contributed by atoms with Crippen molar-refractivity contribution in [3.05, 3.63) is 64.7 Å². The number of hydrogen-bond donors (Lipinski definition) is 2. The van der Waals surface area contributed by atoms with Gasteiger partial charge < -0.3 is 20.1 Å². The van der Waals surface area contributed by atoms with Gasteiger partial charge in [0.25, 0.3) is 5.91 Å². The first kappa shape index (κ1) is 28.3. The van der Waals surface area contributed by atoms with Crippen LogP contribution in [0.25, 0.3) is 0 Å². The molecule has 2 aromatic carbocycles. The Morgan fingerprint density at radius 2 is 1.87 bits per heavy atom. The lowest BCUT2D eigenvalue weighted by molar-refractivity contribution is -0.135. The van der Waals surface area contributed by atoms with Crippen LogP contribution in [0.15, 0.2) is 53.5 Å². The minimum absolute atomic E-state index is 0.0937. The Labute approximate surface area is 230 Å². The predicted molar refractivity (Wildman–Crippen MR) is 151 cm³/mol. The fourth-order valence-electron chi connectivity index (χ4n) is 5.24. The van der Waals surface area contributed by atoms with E-state index in [-0.39, 0.29) is 24.5 Å². The molecular weight excluding hydrogens is 502 g/mol. The summed E-state index contributed by atoms with van der Waals surface area (Å²) in [5.74, 6) is -1.35. The fourth-order valence-corrected chi connectivity index (χ4v) is 5.41. The van der Waals surface area contributed by atoms with Crippen molar-refractivity contribution in [3.63, 3.8) is 0 Å². The number of benzene rings is 2. The first-order valence-electron chi connectivity index (χ1n) is 13.6. The molecule has 1 saturated carbocycles.